The molecule has 4 atom stereocenters. The number of nitrogens with one attached hydrogen (secondary N) is 1. The van der Waals surface area contributed by atoms with Gasteiger partial charge in [0.2, 0.25) is 0 Å². The van der Waals surface area contributed by atoms with E-state index in [0.717, 1.165) is 23.8 Å². The quantitative estimate of drug-likeness (QED) is 0.618. The molecule has 1 nitrogen and oxygen atoms in total. The summed E-state index contributed by atoms with van der Waals surface area (Å²) in [6.45, 7) is 2.30. The van der Waals surface area contributed by atoms with Crippen molar-refractivity contribution in [3.05, 3.63) is 0 Å². The fraction of sp³-hybridized carbons (Fsp3) is 1.00. The van der Waals surface area contributed by atoms with Crippen LogP contribution in [0, 0.1) is 17.8 Å². The molecule has 0 spiro atoms. The molecule has 0 amide bonds. The van der Waals surface area contributed by atoms with Crippen LogP contribution in [-0.4, -0.2) is 13.1 Å². The van der Waals surface area contributed by atoms with Crippen LogP contribution in [0.1, 0.15) is 71.1 Å². The minimum Gasteiger partial charge on any atom is -0.317 e. The van der Waals surface area contributed by atoms with Gasteiger partial charge in [-0.05, 0) is 50.5 Å². The van der Waals surface area contributed by atoms with Crippen LogP contribution in [0.25, 0.3) is 0 Å². The molecule has 0 aromatic carbocycles. The Morgan fingerprint density at radius 3 is 2.47 bits per heavy atom. The Balaban J connectivity index is 1.66. The SMILES string of the molecule is CCCCCCCC(NC)C1CC2CCC1C2. The van der Waals surface area contributed by atoms with Gasteiger partial charge in [0.1, 0.15) is 0 Å². The molecule has 0 heterocycles. The van der Waals surface area contributed by atoms with Gasteiger partial charge in [0.25, 0.3) is 0 Å². The van der Waals surface area contributed by atoms with E-state index in [1.165, 1.54) is 57.8 Å². The summed E-state index contributed by atoms with van der Waals surface area (Å²) in [4.78, 5) is 0. The normalized spacial score (nSPS) is 33.2. The van der Waals surface area contributed by atoms with Crippen molar-refractivity contribution in [1.82, 2.24) is 5.32 Å². The van der Waals surface area contributed by atoms with Crippen LogP contribution in [0.15, 0.2) is 0 Å². The third-order valence-electron chi connectivity index (χ3n) is 5.30. The largest absolute Gasteiger partial charge is 0.317 e. The average Bonchev–Trinajstić information content (AvgIpc) is 2.96. The first-order valence-corrected chi connectivity index (χ1v) is 8.02. The highest BCUT2D eigenvalue weighted by Gasteiger charge is 2.42. The summed E-state index contributed by atoms with van der Waals surface area (Å²) in [5.41, 5.74) is 0. The average molecular weight is 237 g/mol. The lowest BCUT2D eigenvalue weighted by atomic mass is 9.81. The van der Waals surface area contributed by atoms with Gasteiger partial charge >= 0.3 is 0 Å². The molecular weight excluding hydrogens is 206 g/mol. The van der Waals surface area contributed by atoms with Gasteiger partial charge in [0.05, 0.1) is 0 Å². The maximum absolute atomic E-state index is 3.62. The first-order chi connectivity index (χ1) is 8.35. The number of rotatable bonds is 8. The van der Waals surface area contributed by atoms with Crippen molar-refractivity contribution in [3.63, 3.8) is 0 Å². The molecule has 2 rings (SSSR count). The second-order valence-electron chi connectivity index (χ2n) is 6.44. The van der Waals surface area contributed by atoms with Crippen LogP contribution in [0.3, 0.4) is 0 Å². The summed E-state index contributed by atoms with van der Waals surface area (Å²) >= 11 is 0. The molecule has 2 aliphatic carbocycles. The number of hydrogen-bond acceptors (Lipinski definition) is 1. The van der Waals surface area contributed by atoms with E-state index in [0.29, 0.717) is 0 Å². The Kier molecular flexibility index (Phi) is 5.34. The topological polar surface area (TPSA) is 12.0 Å². The van der Waals surface area contributed by atoms with E-state index in [1.54, 1.807) is 6.42 Å². The molecule has 17 heavy (non-hydrogen) atoms. The van der Waals surface area contributed by atoms with E-state index < -0.39 is 0 Å². The first kappa shape index (κ1) is 13.4. The summed E-state index contributed by atoms with van der Waals surface area (Å²) in [5, 5.41) is 3.62. The molecule has 2 bridgehead atoms. The van der Waals surface area contributed by atoms with Crippen LogP contribution in [0.5, 0.6) is 0 Å². The zero-order chi connectivity index (χ0) is 12.1. The summed E-state index contributed by atoms with van der Waals surface area (Å²) in [7, 11) is 2.18. The Morgan fingerprint density at radius 2 is 1.88 bits per heavy atom. The summed E-state index contributed by atoms with van der Waals surface area (Å²) in [5.74, 6) is 3.19. The maximum Gasteiger partial charge on any atom is 0.00950 e. The van der Waals surface area contributed by atoms with E-state index in [-0.39, 0.29) is 0 Å². The fourth-order valence-corrected chi connectivity index (χ4v) is 4.33. The van der Waals surface area contributed by atoms with Crippen molar-refractivity contribution in [2.24, 2.45) is 17.8 Å². The van der Waals surface area contributed by atoms with Crippen LogP contribution in [0.4, 0.5) is 0 Å². The molecule has 0 aliphatic heterocycles. The smallest absolute Gasteiger partial charge is 0.00950 e. The lowest BCUT2D eigenvalue weighted by molar-refractivity contribution is 0.243. The lowest BCUT2D eigenvalue weighted by Crippen LogP contribution is -2.36. The van der Waals surface area contributed by atoms with Gasteiger partial charge in [-0.1, -0.05) is 45.4 Å². The maximum atomic E-state index is 3.62. The van der Waals surface area contributed by atoms with Crippen molar-refractivity contribution in [2.45, 2.75) is 77.2 Å². The summed E-state index contributed by atoms with van der Waals surface area (Å²) in [6, 6.07) is 0.826. The van der Waals surface area contributed by atoms with Gasteiger partial charge in [-0.3, -0.25) is 0 Å². The third kappa shape index (κ3) is 3.47. The zero-order valence-electron chi connectivity index (χ0n) is 11.9. The van der Waals surface area contributed by atoms with Crippen molar-refractivity contribution in [3.8, 4) is 0 Å². The molecule has 0 aromatic heterocycles. The van der Waals surface area contributed by atoms with Crippen LogP contribution < -0.4 is 5.32 Å². The Labute approximate surface area is 108 Å². The monoisotopic (exact) mass is 237 g/mol. The van der Waals surface area contributed by atoms with Gasteiger partial charge in [-0.2, -0.15) is 0 Å². The molecule has 0 aromatic rings. The Morgan fingerprint density at radius 1 is 1.06 bits per heavy atom. The highest BCUT2D eigenvalue weighted by Crippen LogP contribution is 2.50. The van der Waals surface area contributed by atoms with Crippen molar-refractivity contribution in [1.29, 1.82) is 0 Å². The molecule has 2 fully saturated rings. The molecule has 0 saturated heterocycles. The van der Waals surface area contributed by atoms with Crippen LogP contribution in [-0.2, 0) is 0 Å². The van der Waals surface area contributed by atoms with E-state index >= 15 is 0 Å². The fourth-order valence-electron chi connectivity index (χ4n) is 4.33. The van der Waals surface area contributed by atoms with Gasteiger partial charge in [0, 0.05) is 6.04 Å². The number of fused-ring (bicyclic) bond motifs is 2. The van der Waals surface area contributed by atoms with E-state index in [9.17, 15) is 0 Å². The third-order valence-corrected chi connectivity index (χ3v) is 5.30. The Bertz CT molecular complexity index is 214. The minimum atomic E-state index is 0.826. The molecular formula is C16H31N. The standard InChI is InChI=1S/C16H31N/c1-3-4-5-6-7-8-16(17-2)15-12-13-9-10-14(15)11-13/h13-17H,3-12H2,1-2H3. The van der Waals surface area contributed by atoms with Gasteiger partial charge in [0.15, 0.2) is 0 Å². The second-order valence-corrected chi connectivity index (χ2v) is 6.44. The minimum absolute atomic E-state index is 0.826. The molecule has 2 saturated carbocycles. The van der Waals surface area contributed by atoms with Gasteiger partial charge < -0.3 is 5.32 Å². The second kappa shape index (κ2) is 6.78. The number of hydrogen-bond donors (Lipinski definition) is 1. The van der Waals surface area contributed by atoms with E-state index in [2.05, 4.69) is 19.3 Å². The molecule has 2 aliphatic rings. The molecule has 1 N–H and O–H groups in total. The zero-order valence-corrected chi connectivity index (χ0v) is 11.9. The molecule has 1 heteroatoms. The highest BCUT2D eigenvalue weighted by atomic mass is 14.9. The summed E-state index contributed by atoms with van der Waals surface area (Å²) < 4.78 is 0. The van der Waals surface area contributed by atoms with Crippen LogP contribution in [0.2, 0.25) is 0 Å². The molecule has 0 radical (unpaired) electrons. The van der Waals surface area contributed by atoms with Crippen LogP contribution >= 0.6 is 0 Å². The highest BCUT2D eigenvalue weighted by molar-refractivity contribution is 4.94. The molecule has 100 valence electrons. The lowest BCUT2D eigenvalue weighted by Gasteiger charge is -2.30. The van der Waals surface area contributed by atoms with E-state index in [4.69, 9.17) is 0 Å². The van der Waals surface area contributed by atoms with Gasteiger partial charge in [-0.15, -0.1) is 0 Å². The Hall–Kier alpha value is -0.0400. The number of unbranched alkanes of at least 4 members (excludes halogenated alkanes) is 4. The summed E-state index contributed by atoms with van der Waals surface area (Å²) in [6.07, 6.45) is 14.7. The van der Waals surface area contributed by atoms with Crippen molar-refractivity contribution in [2.75, 3.05) is 7.05 Å². The van der Waals surface area contributed by atoms with E-state index in [1.807, 2.05) is 0 Å². The van der Waals surface area contributed by atoms with Crippen molar-refractivity contribution < 1.29 is 0 Å². The molecule has 4 unspecified atom stereocenters. The predicted octanol–water partition coefficient (Wildman–Crippen LogP) is 4.37. The first-order valence-electron chi connectivity index (χ1n) is 8.02. The predicted molar refractivity (Wildman–Crippen MR) is 75.2 cm³/mol. The van der Waals surface area contributed by atoms with Crippen molar-refractivity contribution >= 4 is 0 Å². The van der Waals surface area contributed by atoms with Gasteiger partial charge in [-0.25, -0.2) is 0 Å².